The number of H-pyrrole nitrogens is 1. The van der Waals surface area contributed by atoms with E-state index in [-0.39, 0.29) is 5.91 Å². The predicted molar refractivity (Wildman–Crippen MR) is 116 cm³/mol. The summed E-state index contributed by atoms with van der Waals surface area (Å²) in [4.78, 5) is 20.6. The van der Waals surface area contributed by atoms with E-state index in [1.54, 1.807) is 18.3 Å². The number of rotatable bonds is 3. The number of anilines is 1. The molecular weight excluding hydrogens is 346 g/mol. The lowest BCUT2D eigenvalue weighted by Crippen LogP contribution is -2.15. The third-order valence-electron chi connectivity index (χ3n) is 4.37. The van der Waals surface area contributed by atoms with Crippen LogP contribution in [-0.4, -0.2) is 15.9 Å². The van der Waals surface area contributed by atoms with Crippen molar-refractivity contribution in [1.29, 1.82) is 0 Å². The molecule has 2 aromatic heterocycles. The van der Waals surface area contributed by atoms with Gasteiger partial charge in [-0.3, -0.25) is 9.78 Å². The number of aromatic amines is 1. The molecule has 0 radical (unpaired) electrons. The maximum atomic E-state index is 12.9. The van der Waals surface area contributed by atoms with E-state index >= 15 is 0 Å². The second kappa shape index (κ2) is 8.18. The van der Waals surface area contributed by atoms with Crippen molar-refractivity contribution < 1.29 is 4.79 Å². The van der Waals surface area contributed by atoms with Gasteiger partial charge in [-0.05, 0) is 23.8 Å². The molecule has 0 aliphatic heterocycles. The SMILES string of the molecule is O=C(Nc1cnc2cc[nH]c2c1C1=C/C=C\C=C/C=C\1)C1=C/C=C\C=C/C=C\1. The molecule has 2 aliphatic rings. The first kappa shape index (κ1) is 17.5. The van der Waals surface area contributed by atoms with Gasteiger partial charge < -0.3 is 10.3 Å². The first-order valence-electron chi connectivity index (χ1n) is 9.04. The average Bonchev–Trinajstić information content (AvgIpc) is 3.10. The van der Waals surface area contributed by atoms with Crippen molar-refractivity contribution in [2.45, 2.75) is 0 Å². The van der Waals surface area contributed by atoms with Gasteiger partial charge in [0.05, 0.1) is 22.9 Å². The van der Waals surface area contributed by atoms with Gasteiger partial charge in [0.2, 0.25) is 0 Å². The molecule has 0 bridgehead atoms. The Morgan fingerprint density at radius 2 is 1.57 bits per heavy atom. The third-order valence-corrected chi connectivity index (χ3v) is 4.37. The van der Waals surface area contributed by atoms with E-state index in [2.05, 4.69) is 15.3 Å². The number of hydrogen-bond acceptors (Lipinski definition) is 2. The largest absolute Gasteiger partial charge is 0.359 e. The zero-order chi connectivity index (χ0) is 19.2. The topological polar surface area (TPSA) is 57.8 Å². The second-order valence-electron chi connectivity index (χ2n) is 6.24. The number of pyridine rings is 1. The van der Waals surface area contributed by atoms with E-state index in [9.17, 15) is 4.79 Å². The highest BCUT2D eigenvalue weighted by Gasteiger charge is 2.16. The minimum Gasteiger partial charge on any atom is -0.359 e. The van der Waals surface area contributed by atoms with Crippen LogP contribution in [0.2, 0.25) is 0 Å². The Kier molecular flexibility index (Phi) is 5.11. The van der Waals surface area contributed by atoms with Crippen LogP contribution in [-0.2, 0) is 4.79 Å². The Morgan fingerprint density at radius 3 is 2.43 bits per heavy atom. The van der Waals surface area contributed by atoms with Gasteiger partial charge in [0.25, 0.3) is 5.91 Å². The van der Waals surface area contributed by atoms with Crippen molar-refractivity contribution in [3.05, 3.63) is 115 Å². The maximum absolute atomic E-state index is 12.9. The molecule has 0 saturated heterocycles. The van der Waals surface area contributed by atoms with Crippen molar-refractivity contribution in [2.24, 2.45) is 0 Å². The molecule has 0 atom stereocenters. The van der Waals surface area contributed by atoms with E-state index in [0.29, 0.717) is 11.3 Å². The van der Waals surface area contributed by atoms with Crippen LogP contribution in [0.4, 0.5) is 5.69 Å². The molecule has 0 aromatic carbocycles. The summed E-state index contributed by atoms with van der Waals surface area (Å²) in [6.07, 6.45) is 30.4. The molecule has 4 rings (SSSR count). The van der Waals surface area contributed by atoms with Crippen LogP contribution in [0.5, 0.6) is 0 Å². The highest BCUT2D eigenvalue weighted by atomic mass is 16.1. The lowest BCUT2D eigenvalue weighted by Gasteiger charge is -2.14. The first-order valence-corrected chi connectivity index (χ1v) is 9.04. The molecule has 1 amide bonds. The standard InChI is InChI=1S/C24H19N3O/c28-24(19-13-9-5-2-6-10-14-19)27-21-17-26-20-15-16-25-23(20)22(21)18-11-7-3-1-4-8-12-18/h1-17,25H,(H,27,28)/b3-1-,4-1?,5-2-,6-2?,7-3?,8-4-,9-5?,10-6-,11-7-,12-8?,13-9-,14-10?,18-11?,18-12+,19-13?,19-14+. The van der Waals surface area contributed by atoms with Gasteiger partial charge in [-0.2, -0.15) is 0 Å². The Balaban J connectivity index is 1.76. The number of nitrogens with one attached hydrogen (secondary N) is 2. The van der Waals surface area contributed by atoms with Gasteiger partial charge in [-0.15, -0.1) is 0 Å². The molecule has 4 heteroatoms. The summed E-state index contributed by atoms with van der Waals surface area (Å²) in [5.41, 5.74) is 4.85. The molecule has 136 valence electrons. The van der Waals surface area contributed by atoms with E-state index in [1.165, 1.54) is 0 Å². The van der Waals surface area contributed by atoms with Crippen molar-refractivity contribution in [3.8, 4) is 0 Å². The van der Waals surface area contributed by atoms with Crippen molar-refractivity contribution >= 4 is 28.2 Å². The molecule has 28 heavy (non-hydrogen) atoms. The Morgan fingerprint density at radius 1 is 0.857 bits per heavy atom. The summed E-state index contributed by atoms with van der Waals surface area (Å²) in [6.45, 7) is 0. The number of aromatic nitrogens is 2. The molecule has 0 spiro atoms. The number of nitrogens with zero attached hydrogens (tertiary/aromatic N) is 1. The van der Waals surface area contributed by atoms with E-state index in [0.717, 1.165) is 22.2 Å². The second-order valence-corrected chi connectivity index (χ2v) is 6.24. The minimum absolute atomic E-state index is 0.184. The Labute approximate surface area is 163 Å². The van der Waals surface area contributed by atoms with Crippen molar-refractivity contribution in [2.75, 3.05) is 5.32 Å². The number of hydrogen-bond donors (Lipinski definition) is 2. The summed E-state index contributed by atoms with van der Waals surface area (Å²) >= 11 is 0. The molecule has 0 saturated carbocycles. The Hall–Kier alpha value is -3.92. The van der Waals surface area contributed by atoms with Gasteiger partial charge in [0.1, 0.15) is 0 Å². The fourth-order valence-electron chi connectivity index (χ4n) is 3.04. The Bertz CT molecular complexity index is 1150. The quantitative estimate of drug-likeness (QED) is 0.788. The normalized spacial score (nSPS) is 26.1. The van der Waals surface area contributed by atoms with E-state index in [4.69, 9.17) is 0 Å². The van der Waals surface area contributed by atoms with Crippen LogP contribution in [0.25, 0.3) is 16.6 Å². The van der Waals surface area contributed by atoms with Gasteiger partial charge in [-0.1, -0.05) is 72.9 Å². The van der Waals surface area contributed by atoms with Crippen LogP contribution in [0.1, 0.15) is 5.56 Å². The van der Waals surface area contributed by atoms with E-state index < -0.39 is 0 Å². The van der Waals surface area contributed by atoms with Crippen LogP contribution in [0, 0.1) is 0 Å². The molecule has 4 nitrogen and oxygen atoms in total. The lowest BCUT2D eigenvalue weighted by atomic mass is 10.0. The van der Waals surface area contributed by atoms with Crippen LogP contribution in [0.3, 0.4) is 0 Å². The zero-order valence-electron chi connectivity index (χ0n) is 15.2. The summed E-state index contributed by atoms with van der Waals surface area (Å²) in [7, 11) is 0. The number of allylic oxidation sites excluding steroid dienone is 14. The molecule has 2 aliphatic carbocycles. The van der Waals surface area contributed by atoms with Crippen molar-refractivity contribution in [1.82, 2.24) is 9.97 Å². The zero-order valence-corrected chi connectivity index (χ0v) is 15.2. The molecule has 2 heterocycles. The van der Waals surface area contributed by atoms with Crippen LogP contribution in [0.15, 0.2) is 109 Å². The molecule has 2 aromatic rings. The van der Waals surface area contributed by atoms with Gasteiger partial charge in [0, 0.05) is 17.3 Å². The number of fused-ring (bicyclic) bond motifs is 1. The van der Waals surface area contributed by atoms with Gasteiger partial charge >= 0.3 is 0 Å². The van der Waals surface area contributed by atoms with Crippen LogP contribution >= 0.6 is 0 Å². The number of carbonyl (C=O) groups is 1. The number of carbonyl (C=O) groups excluding carboxylic acids is 1. The highest BCUT2D eigenvalue weighted by Crippen LogP contribution is 2.31. The predicted octanol–water partition coefficient (Wildman–Crippen LogP) is 5.18. The minimum atomic E-state index is -0.184. The molecule has 0 fully saturated rings. The van der Waals surface area contributed by atoms with Crippen LogP contribution < -0.4 is 5.32 Å². The monoisotopic (exact) mass is 365 g/mol. The van der Waals surface area contributed by atoms with Gasteiger partial charge in [-0.25, -0.2) is 0 Å². The lowest BCUT2D eigenvalue weighted by molar-refractivity contribution is -0.112. The summed E-state index contributed by atoms with van der Waals surface area (Å²) in [6, 6.07) is 1.92. The molecule has 0 unspecified atom stereocenters. The fraction of sp³-hybridized carbons (Fsp3) is 0. The maximum Gasteiger partial charge on any atom is 0.255 e. The highest BCUT2D eigenvalue weighted by molar-refractivity contribution is 6.09. The molecular formula is C24H19N3O. The van der Waals surface area contributed by atoms with Gasteiger partial charge in [0.15, 0.2) is 0 Å². The summed E-state index contributed by atoms with van der Waals surface area (Å²) in [5.74, 6) is -0.184. The van der Waals surface area contributed by atoms with E-state index in [1.807, 2.05) is 85.2 Å². The summed E-state index contributed by atoms with van der Waals surface area (Å²) < 4.78 is 0. The molecule has 2 N–H and O–H groups in total. The first-order chi connectivity index (χ1) is 13.8. The van der Waals surface area contributed by atoms with Crippen molar-refractivity contribution in [3.63, 3.8) is 0 Å². The fourth-order valence-corrected chi connectivity index (χ4v) is 3.04. The average molecular weight is 365 g/mol. The smallest absolute Gasteiger partial charge is 0.255 e. The number of amides is 1. The summed E-state index contributed by atoms with van der Waals surface area (Å²) in [5, 5.41) is 3.03. The third kappa shape index (κ3) is 3.76.